The molecule has 1 atom stereocenters. The zero-order valence-electron chi connectivity index (χ0n) is 13.9. The van der Waals surface area contributed by atoms with Crippen molar-refractivity contribution in [3.05, 3.63) is 10.6 Å². The fourth-order valence-corrected chi connectivity index (χ4v) is 3.83. The van der Waals surface area contributed by atoms with E-state index in [0.717, 1.165) is 48.1 Å². The van der Waals surface area contributed by atoms with Gasteiger partial charge in [-0.3, -0.25) is 0 Å². The van der Waals surface area contributed by atoms with E-state index < -0.39 is 0 Å². The van der Waals surface area contributed by atoms with E-state index in [0.29, 0.717) is 11.8 Å². The number of thiazole rings is 1. The third kappa shape index (κ3) is 4.68. The molecule has 3 nitrogen and oxygen atoms in total. The summed E-state index contributed by atoms with van der Waals surface area (Å²) in [5.41, 5.74) is 1.15. The zero-order valence-corrected chi connectivity index (χ0v) is 14.7. The highest BCUT2D eigenvalue weighted by atomic mass is 32.1. The summed E-state index contributed by atoms with van der Waals surface area (Å²) in [7, 11) is 0. The van der Waals surface area contributed by atoms with E-state index in [1.54, 1.807) is 11.3 Å². The van der Waals surface area contributed by atoms with Gasteiger partial charge in [-0.2, -0.15) is 0 Å². The first-order chi connectivity index (χ1) is 9.97. The highest BCUT2D eigenvalue weighted by Gasteiger charge is 2.24. The molecule has 1 unspecified atom stereocenters. The topological polar surface area (TPSA) is 36.4 Å². The van der Waals surface area contributed by atoms with Crippen LogP contribution in [0, 0.1) is 11.8 Å². The Labute approximate surface area is 133 Å². The first kappa shape index (κ1) is 16.8. The molecule has 0 amide bonds. The van der Waals surface area contributed by atoms with Gasteiger partial charge < -0.3 is 10.0 Å². The predicted octanol–water partition coefficient (Wildman–Crippen LogP) is 4.41. The molecule has 21 heavy (non-hydrogen) atoms. The Hall–Kier alpha value is -0.610. The number of aliphatic hydroxyl groups excluding tert-OH is 1. The van der Waals surface area contributed by atoms with Crippen molar-refractivity contribution in [3.8, 4) is 0 Å². The Kier molecular flexibility index (Phi) is 6.06. The second-order valence-corrected chi connectivity index (χ2v) is 8.08. The Bertz CT molecular complexity index is 430. The van der Waals surface area contributed by atoms with E-state index in [2.05, 4.69) is 32.6 Å². The molecule has 4 heteroatoms. The van der Waals surface area contributed by atoms with Crippen molar-refractivity contribution >= 4 is 16.5 Å². The molecule has 1 aromatic rings. The summed E-state index contributed by atoms with van der Waals surface area (Å²) < 4.78 is 0. The summed E-state index contributed by atoms with van der Waals surface area (Å²) in [4.78, 5) is 8.40. The lowest BCUT2D eigenvalue weighted by Crippen LogP contribution is -2.27. The Morgan fingerprint density at radius 1 is 1.19 bits per heavy atom. The van der Waals surface area contributed by atoms with Gasteiger partial charge in [0.15, 0.2) is 5.13 Å². The van der Waals surface area contributed by atoms with Crippen molar-refractivity contribution in [2.24, 2.45) is 11.8 Å². The molecular formula is C17H30N2OS. The molecule has 0 bridgehead atoms. The van der Waals surface area contributed by atoms with Crippen molar-refractivity contribution in [2.75, 3.05) is 18.0 Å². The fourth-order valence-electron chi connectivity index (χ4n) is 2.65. The van der Waals surface area contributed by atoms with E-state index in [4.69, 9.17) is 4.98 Å². The van der Waals surface area contributed by atoms with Crippen LogP contribution in [-0.4, -0.2) is 23.2 Å². The molecule has 0 fully saturated rings. The lowest BCUT2D eigenvalue weighted by atomic mass is 10.0. The molecule has 0 radical (unpaired) electrons. The SMILES string of the molecule is CC(C)CCN(CCC(C)C)c1nc2c(s1)C(O)CCC2. The second-order valence-electron chi connectivity index (χ2n) is 7.07. The van der Waals surface area contributed by atoms with E-state index in [1.165, 1.54) is 12.8 Å². The third-order valence-electron chi connectivity index (χ3n) is 4.13. The minimum atomic E-state index is -0.281. The zero-order chi connectivity index (χ0) is 15.4. The molecule has 1 aliphatic carbocycles. The molecular weight excluding hydrogens is 280 g/mol. The number of anilines is 1. The van der Waals surface area contributed by atoms with Crippen molar-refractivity contribution in [2.45, 2.75) is 65.9 Å². The molecule has 1 heterocycles. The molecule has 0 aromatic carbocycles. The molecule has 2 rings (SSSR count). The summed E-state index contributed by atoms with van der Waals surface area (Å²) in [6, 6.07) is 0. The van der Waals surface area contributed by atoms with Crippen molar-refractivity contribution < 1.29 is 5.11 Å². The summed E-state index contributed by atoms with van der Waals surface area (Å²) in [5, 5.41) is 11.3. The summed E-state index contributed by atoms with van der Waals surface area (Å²) >= 11 is 1.72. The van der Waals surface area contributed by atoms with Gasteiger partial charge in [-0.05, 0) is 43.9 Å². The summed E-state index contributed by atoms with van der Waals surface area (Å²) in [6.45, 7) is 11.3. The molecule has 0 saturated carbocycles. The van der Waals surface area contributed by atoms with E-state index >= 15 is 0 Å². The molecule has 0 saturated heterocycles. The van der Waals surface area contributed by atoms with E-state index in [1.807, 2.05) is 0 Å². The summed E-state index contributed by atoms with van der Waals surface area (Å²) in [5.74, 6) is 1.43. The highest BCUT2D eigenvalue weighted by Crippen LogP contribution is 2.37. The number of aryl methyl sites for hydroxylation is 1. The normalized spacial score (nSPS) is 18.3. The number of hydrogen-bond donors (Lipinski definition) is 1. The maximum absolute atomic E-state index is 10.1. The molecule has 120 valence electrons. The van der Waals surface area contributed by atoms with Gasteiger partial charge in [-0.15, -0.1) is 0 Å². The minimum absolute atomic E-state index is 0.281. The van der Waals surface area contributed by atoms with Crippen LogP contribution in [0.5, 0.6) is 0 Å². The van der Waals surface area contributed by atoms with Gasteiger partial charge in [-0.25, -0.2) is 4.98 Å². The summed E-state index contributed by atoms with van der Waals surface area (Å²) in [6.07, 6.45) is 5.11. The van der Waals surface area contributed by atoms with Gasteiger partial charge in [0, 0.05) is 13.1 Å². The quantitative estimate of drug-likeness (QED) is 0.810. The van der Waals surface area contributed by atoms with Crippen LogP contribution in [0.1, 0.15) is 70.1 Å². The predicted molar refractivity (Wildman–Crippen MR) is 91.1 cm³/mol. The van der Waals surface area contributed by atoms with Gasteiger partial charge in [0.1, 0.15) is 0 Å². The van der Waals surface area contributed by atoms with Crippen LogP contribution in [0.25, 0.3) is 0 Å². The fraction of sp³-hybridized carbons (Fsp3) is 0.824. The largest absolute Gasteiger partial charge is 0.388 e. The lowest BCUT2D eigenvalue weighted by Gasteiger charge is -2.23. The minimum Gasteiger partial charge on any atom is -0.388 e. The maximum Gasteiger partial charge on any atom is 0.185 e. The molecule has 0 spiro atoms. The lowest BCUT2D eigenvalue weighted by molar-refractivity contribution is 0.160. The van der Waals surface area contributed by atoms with Crippen molar-refractivity contribution in [3.63, 3.8) is 0 Å². The average molecular weight is 311 g/mol. The second kappa shape index (κ2) is 7.59. The number of aliphatic hydroxyl groups is 1. The van der Waals surface area contributed by atoms with E-state index in [9.17, 15) is 5.11 Å². The van der Waals surface area contributed by atoms with Crippen molar-refractivity contribution in [1.82, 2.24) is 4.98 Å². The van der Waals surface area contributed by atoms with Gasteiger partial charge in [0.05, 0.1) is 16.7 Å². The van der Waals surface area contributed by atoms with Crippen LogP contribution in [0.4, 0.5) is 5.13 Å². The monoisotopic (exact) mass is 310 g/mol. The Morgan fingerprint density at radius 2 is 1.81 bits per heavy atom. The molecule has 0 aliphatic heterocycles. The molecule has 1 aliphatic rings. The van der Waals surface area contributed by atoms with Crippen LogP contribution < -0.4 is 4.90 Å². The van der Waals surface area contributed by atoms with Gasteiger partial charge in [0.25, 0.3) is 0 Å². The molecule has 1 N–H and O–H groups in total. The number of aromatic nitrogens is 1. The smallest absolute Gasteiger partial charge is 0.185 e. The van der Waals surface area contributed by atoms with Crippen LogP contribution >= 0.6 is 11.3 Å². The average Bonchev–Trinajstić information content (AvgIpc) is 2.83. The number of nitrogens with zero attached hydrogens (tertiary/aromatic N) is 2. The molecule has 1 aromatic heterocycles. The van der Waals surface area contributed by atoms with Gasteiger partial charge in [-0.1, -0.05) is 39.0 Å². The third-order valence-corrected chi connectivity index (χ3v) is 5.39. The number of hydrogen-bond acceptors (Lipinski definition) is 4. The van der Waals surface area contributed by atoms with Gasteiger partial charge >= 0.3 is 0 Å². The van der Waals surface area contributed by atoms with Crippen LogP contribution in [0.15, 0.2) is 0 Å². The Balaban J connectivity index is 2.11. The van der Waals surface area contributed by atoms with Crippen LogP contribution in [0.2, 0.25) is 0 Å². The highest BCUT2D eigenvalue weighted by molar-refractivity contribution is 7.15. The first-order valence-corrected chi connectivity index (χ1v) is 9.21. The van der Waals surface area contributed by atoms with Crippen LogP contribution in [0.3, 0.4) is 0 Å². The van der Waals surface area contributed by atoms with Crippen molar-refractivity contribution in [1.29, 1.82) is 0 Å². The maximum atomic E-state index is 10.1. The Morgan fingerprint density at radius 3 is 2.33 bits per heavy atom. The number of fused-ring (bicyclic) bond motifs is 1. The van der Waals surface area contributed by atoms with E-state index in [-0.39, 0.29) is 6.10 Å². The van der Waals surface area contributed by atoms with Gasteiger partial charge in [0.2, 0.25) is 0 Å². The standard InChI is InChI=1S/C17H30N2OS/c1-12(2)8-10-19(11-9-13(3)4)17-18-14-6-5-7-15(20)16(14)21-17/h12-13,15,20H,5-11H2,1-4H3. The first-order valence-electron chi connectivity index (χ1n) is 8.40. The van der Waals surface area contributed by atoms with Crippen LogP contribution in [-0.2, 0) is 6.42 Å². The number of rotatable bonds is 7.